The molecular weight excluding hydrogens is 244 g/mol. The number of aromatic nitrogens is 1. The summed E-state index contributed by atoms with van der Waals surface area (Å²) in [6.07, 6.45) is 3.41. The second-order valence-corrected chi connectivity index (χ2v) is 4.72. The standard InChI is InChI=1S/C14H20N2O3/c1-10-6-7-12(18-2)16-13(10)14(17)15-9-11-5-3-4-8-19-11/h6-7,11H,3-5,8-9H2,1-2H3,(H,15,17). The molecule has 1 unspecified atom stereocenters. The summed E-state index contributed by atoms with van der Waals surface area (Å²) in [7, 11) is 1.54. The number of nitrogens with one attached hydrogen (secondary N) is 1. The van der Waals surface area contributed by atoms with Crippen molar-refractivity contribution >= 4 is 5.91 Å². The molecule has 5 nitrogen and oxygen atoms in total. The van der Waals surface area contributed by atoms with Gasteiger partial charge in [0.05, 0.1) is 13.2 Å². The molecule has 1 aliphatic rings. The van der Waals surface area contributed by atoms with Crippen LogP contribution in [0.2, 0.25) is 0 Å². The lowest BCUT2D eigenvalue weighted by Crippen LogP contribution is -2.36. The van der Waals surface area contributed by atoms with Gasteiger partial charge in [0, 0.05) is 19.2 Å². The Labute approximate surface area is 113 Å². The summed E-state index contributed by atoms with van der Waals surface area (Å²) in [6.45, 7) is 3.19. The van der Waals surface area contributed by atoms with Crippen molar-refractivity contribution in [3.05, 3.63) is 23.4 Å². The monoisotopic (exact) mass is 264 g/mol. The van der Waals surface area contributed by atoms with Crippen LogP contribution in [0.5, 0.6) is 5.88 Å². The van der Waals surface area contributed by atoms with E-state index in [-0.39, 0.29) is 12.0 Å². The number of carbonyl (C=O) groups excluding carboxylic acids is 1. The van der Waals surface area contributed by atoms with E-state index in [1.165, 1.54) is 7.11 Å². The van der Waals surface area contributed by atoms with Crippen molar-refractivity contribution in [3.8, 4) is 5.88 Å². The topological polar surface area (TPSA) is 60.5 Å². The van der Waals surface area contributed by atoms with Gasteiger partial charge in [0.2, 0.25) is 5.88 Å². The highest BCUT2D eigenvalue weighted by molar-refractivity contribution is 5.93. The van der Waals surface area contributed by atoms with E-state index in [1.807, 2.05) is 13.0 Å². The summed E-state index contributed by atoms with van der Waals surface area (Å²) in [5.74, 6) is 0.273. The molecule has 2 rings (SSSR count). The van der Waals surface area contributed by atoms with E-state index in [0.29, 0.717) is 18.1 Å². The molecule has 0 bridgehead atoms. The highest BCUT2D eigenvalue weighted by Gasteiger charge is 2.17. The van der Waals surface area contributed by atoms with Crippen LogP contribution in [-0.2, 0) is 4.74 Å². The Kier molecular flexibility index (Phi) is 4.74. The molecule has 1 aliphatic heterocycles. The van der Waals surface area contributed by atoms with Crippen LogP contribution in [-0.4, -0.2) is 37.3 Å². The molecule has 1 N–H and O–H groups in total. The number of hydrogen-bond donors (Lipinski definition) is 1. The predicted octanol–water partition coefficient (Wildman–Crippen LogP) is 1.70. The highest BCUT2D eigenvalue weighted by Crippen LogP contribution is 2.13. The maximum absolute atomic E-state index is 12.1. The van der Waals surface area contributed by atoms with Gasteiger partial charge in [0.1, 0.15) is 5.69 Å². The molecule has 0 spiro atoms. The van der Waals surface area contributed by atoms with E-state index < -0.39 is 0 Å². The maximum Gasteiger partial charge on any atom is 0.270 e. The maximum atomic E-state index is 12.1. The lowest BCUT2D eigenvalue weighted by molar-refractivity contribution is 0.0168. The second-order valence-electron chi connectivity index (χ2n) is 4.72. The van der Waals surface area contributed by atoms with Crippen molar-refractivity contribution in [2.45, 2.75) is 32.3 Å². The first-order valence-corrected chi connectivity index (χ1v) is 6.62. The van der Waals surface area contributed by atoms with Crippen LogP contribution in [0, 0.1) is 6.92 Å². The minimum absolute atomic E-state index is 0.128. The molecule has 1 atom stereocenters. The molecule has 0 saturated carbocycles. The van der Waals surface area contributed by atoms with Crippen molar-refractivity contribution in [3.63, 3.8) is 0 Å². The van der Waals surface area contributed by atoms with Crippen molar-refractivity contribution in [2.75, 3.05) is 20.3 Å². The Morgan fingerprint density at radius 2 is 2.37 bits per heavy atom. The first kappa shape index (κ1) is 13.8. The van der Waals surface area contributed by atoms with Gasteiger partial charge in [0.15, 0.2) is 0 Å². The van der Waals surface area contributed by atoms with Gasteiger partial charge in [-0.15, -0.1) is 0 Å². The summed E-state index contributed by atoms with van der Waals surface area (Å²) < 4.78 is 10.6. The number of ether oxygens (including phenoxy) is 2. The van der Waals surface area contributed by atoms with E-state index in [9.17, 15) is 4.79 Å². The molecule has 0 aliphatic carbocycles. The molecule has 1 amide bonds. The number of carbonyl (C=O) groups is 1. The third-order valence-corrected chi connectivity index (χ3v) is 3.26. The fourth-order valence-corrected chi connectivity index (χ4v) is 2.11. The number of methoxy groups -OCH3 is 1. The Bertz CT molecular complexity index is 442. The van der Waals surface area contributed by atoms with Crippen LogP contribution in [0.15, 0.2) is 12.1 Å². The first-order chi connectivity index (χ1) is 9.20. The van der Waals surface area contributed by atoms with Gasteiger partial charge in [-0.05, 0) is 31.7 Å². The highest BCUT2D eigenvalue weighted by atomic mass is 16.5. The smallest absolute Gasteiger partial charge is 0.270 e. The van der Waals surface area contributed by atoms with Crippen molar-refractivity contribution in [2.24, 2.45) is 0 Å². The minimum Gasteiger partial charge on any atom is -0.481 e. The molecule has 0 aromatic carbocycles. The van der Waals surface area contributed by atoms with Crippen LogP contribution >= 0.6 is 0 Å². The minimum atomic E-state index is -0.175. The fourth-order valence-electron chi connectivity index (χ4n) is 2.11. The van der Waals surface area contributed by atoms with Crippen LogP contribution < -0.4 is 10.1 Å². The van der Waals surface area contributed by atoms with Gasteiger partial charge < -0.3 is 14.8 Å². The quantitative estimate of drug-likeness (QED) is 0.899. The third-order valence-electron chi connectivity index (χ3n) is 3.26. The van der Waals surface area contributed by atoms with E-state index >= 15 is 0 Å². The average Bonchev–Trinajstić information content (AvgIpc) is 2.46. The van der Waals surface area contributed by atoms with Gasteiger partial charge in [-0.25, -0.2) is 4.98 Å². The number of pyridine rings is 1. The van der Waals surface area contributed by atoms with Gasteiger partial charge in [0.25, 0.3) is 5.91 Å². The molecule has 1 saturated heterocycles. The molecule has 2 heterocycles. The van der Waals surface area contributed by atoms with E-state index in [4.69, 9.17) is 9.47 Å². The van der Waals surface area contributed by atoms with Gasteiger partial charge in [-0.3, -0.25) is 4.79 Å². The molecular formula is C14H20N2O3. The lowest BCUT2D eigenvalue weighted by Gasteiger charge is -2.22. The number of hydrogen-bond acceptors (Lipinski definition) is 4. The van der Waals surface area contributed by atoms with Crippen LogP contribution in [0.1, 0.15) is 35.3 Å². The fraction of sp³-hybridized carbons (Fsp3) is 0.571. The van der Waals surface area contributed by atoms with Crippen LogP contribution in [0.3, 0.4) is 0 Å². The number of nitrogens with zero attached hydrogens (tertiary/aromatic N) is 1. The zero-order chi connectivity index (χ0) is 13.7. The summed E-state index contributed by atoms with van der Waals surface area (Å²) in [5, 5.41) is 2.88. The molecule has 5 heteroatoms. The van der Waals surface area contributed by atoms with Gasteiger partial charge >= 0.3 is 0 Å². The number of aryl methyl sites for hydroxylation is 1. The SMILES string of the molecule is COc1ccc(C)c(C(=O)NCC2CCCCO2)n1. The summed E-state index contributed by atoms with van der Waals surface area (Å²) in [4.78, 5) is 16.3. The Balaban J connectivity index is 1.95. The Morgan fingerprint density at radius 3 is 3.05 bits per heavy atom. The van der Waals surface area contributed by atoms with E-state index in [2.05, 4.69) is 10.3 Å². The van der Waals surface area contributed by atoms with Crippen molar-refractivity contribution < 1.29 is 14.3 Å². The average molecular weight is 264 g/mol. The lowest BCUT2D eigenvalue weighted by atomic mass is 10.1. The van der Waals surface area contributed by atoms with Gasteiger partial charge in [-0.2, -0.15) is 0 Å². The zero-order valence-electron chi connectivity index (χ0n) is 11.4. The normalized spacial score (nSPS) is 18.9. The largest absolute Gasteiger partial charge is 0.481 e. The summed E-state index contributed by atoms with van der Waals surface area (Å²) in [6, 6.07) is 3.58. The summed E-state index contributed by atoms with van der Waals surface area (Å²) >= 11 is 0. The Morgan fingerprint density at radius 1 is 1.53 bits per heavy atom. The summed E-state index contributed by atoms with van der Waals surface area (Å²) in [5.41, 5.74) is 1.25. The van der Waals surface area contributed by atoms with Crippen molar-refractivity contribution in [1.29, 1.82) is 0 Å². The van der Waals surface area contributed by atoms with Gasteiger partial charge in [-0.1, -0.05) is 6.07 Å². The Hall–Kier alpha value is -1.62. The number of amides is 1. The molecule has 1 fully saturated rings. The van der Waals surface area contributed by atoms with Crippen molar-refractivity contribution in [1.82, 2.24) is 10.3 Å². The third kappa shape index (κ3) is 3.67. The number of rotatable bonds is 4. The predicted molar refractivity (Wildman–Crippen MR) is 71.5 cm³/mol. The molecule has 0 radical (unpaired) electrons. The molecule has 1 aromatic rings. The zero-order valence-corrected chi connectivity index (χ0v) is 11.4. The van der Waals surface area contributed by atoms with Crippen LogP contribution in [0.4, 0.5) is 0 Å². The van der Waals surface area contributed by atoms with Crippen LogP contribution in [0.25, 0.3) is 0 Å². The molecule has 104 valence electrons. The molecule has 1 aromatic heterocycles. The molecule has 19 heavy (non-hydrogen) atoms. The van der Waals surface area contributed by atoms with E-state index in [1.54, 1.807) is 6.07 Å². The second kappa shape index (κ2) is 6.52. The van der Waals surface area contributed by atoms with E-state index in [0.717, 1.165) is 31.4 Å². The first-order valence-electron chi connectivity index (χ1n) is 6.62.